The van der Waals surface area contributed by atoms with Crippen molar-refractivity contribution in [1.29, 1.82) is 5.26 Å². The Labute approximate surface area is 104 Å². The van der Waals surface area contributed by atoms with Crippen molar-refractivity contribution in [3.05, 3.63) is 18.1 Å². The minimum atomic E-state index is -0.999. The van der Waals surface area contributed by atoms with Gasteiger partial charge in [0.1, 0.15) is 12.1 Å². The predicted molar refractivity (Wildman–Crippen MR) is 62.9 cm³/mol. The standard InChI is InChI=1S/C11H14N4O3/c1-18-6-2-3-8(11(16)17)15-10-9(7-12)13-4-5-14-10/h4-5,8H,2-3,6H2,1H3,(H,14,15)(H,16,17). The highest BCUT2D eigenvalue weighted by Gasteiger charge is 2.19. The van der Waals surface area contributed by atoms with Crippen LogP contribution in [0.2, 0.25) is 0 Å². The van der Waals surface area contributed by atoms with Crippen LogP contribution in [0.4, 0.5) is 5.82 Å². The van der Waals surface area contributed by atoms with Gasteiger partial charge in [-0.05, 0) is 12.8 Å². The Morgan fingerprint density at radius 1 is 1.61 bits per heavy atom. The van der Waals surface area contributed by atoms with Gasteiger partial charge >= 0.3 is 5.97 Å². The van der Waals surface area contributed by atoms with Gasteiger partial charge in [-0.3, -0.25) is 0 Å². The summed E-state index contributed by atoms with van der Waals surface area (Å²) >= 11 is 0. The van der Waals surface area contributed by atoms with E-state index in [1.807, 2.05) is 6.07 Å². The third-order valence-electron chi connectivity index (χ3n) is 2.25. The van der Waals surface area contributed by atoms with E-state index in [1.165, 1.54) is 12.4 Å². The van der Waals surface area contributed by atoms with Crippen LogP contribution < -0.4 is 5.32 Å². The van der Waals surface area contributed by atoms with E-state index in [0.717, 1.165) is 0 Å². The molecule has 96 valence electrons. The van der Waals surface area contributed by atoms with Crippen molar-refractivity contribution in [1.82, 2.24) is 9.97 Å². The Bertz CT molecular complexity index is 444. The number of carboxylic acids is 1. The zero-order chi connectivity index (χ0) is 13.4. The number of nitrogens with zero attached hydrogens (tertiary/aromatic N) is 3. The maximum absolute atomic E-state index is 11.1. The van der Waals surface area contributed by atoms with Crippen LogP contribution in [-0.4, -0.2) is 40.8 Å². The summed E-state index contributed by atoms with van der Waals surface area (Å²) in [6.45, 7) is 0.483. The predicted octanol–water partition coefficient (Wildman–Crippen LogP) is 0.640. The molecule has 1 aromatic heterocycles. The molecule has 0 radical (unpaired) electrons. The molecule has 0 saturated heterocycles. The van der Waals surface area contributed by atoms with Crippen molar-refractivity contribution < 1.29 is 14.6 Å². The van der Waals surface area contributed by atoms with Gasteiger partial charge < -0.3 is 15.2 Å². The Hall–Kier alpha value is -2.20. The van der Waals surface area contributed by atoms with Crippen molar-refractivity contribution in [3.8, 4) is 6.07 Å². The molecule has 1 heterocycles. The molecule has 1 unspecified atom stereocenters. The fraction of sp³-hybridized carbons (Fsp3) is 0.455. The zero-order valence-electron chi connectivity index (χ0n) is 9.96. The molecule has 1 atom stereocenters. The average Bonchev–Trinajstić information content (AvgIpc) is 2.38. The van der Waals surface area contributed by atoms with E-state index < -0.39 is 12.0 Å². The van der Waals surface area contributed by atoms with Crippen LogP contribution in [0.15, 0.2) is 12.4 Å². The van der Waals surface area contributed by atoms with Crippen LogP contribution in [-0.2, 0) is 9.53 Å². The molecular weight excluding hydrogens is 236 g/mol. The Morgan fingerprint density at radius 2 is 2.33 bits per heavy atom. The van der Waals surface area contributed by atoms with Crippen LogP contribution in [0.25, 0.3) is 0 Å². The molecule has 0 aliphatic rings. The summed E-state index contributed by atoms with van der Waals surface area (Å²) in [4.78, 5) is 18.8. The molecule has 0 amide bonds. The maximum Gasteiger partial charge on any atom is 0.326 e. The fourth-order valence-electron chi connectivity index (χ4n) is 1.38. The topological polar surface area (TPSA) is 108 Å². The molecular formula is C11H14N4O3. The highest BCUT2D eigenvalue weighted by molar-refractivity contribution is 5.77. The van der Waals surface area contributed by atoms with E-state index in [9.17, 15) is 4.79 Å². The molecule has 2 N–H and O–H groups in total. The number of carbonyl (C=O) groups is 1. The van der Waals surface area contributed by atoms with Crippen molar-refractivity contribution in [2.45, 2.75) is 18.9 Å². The van der Waals surface area contributed by atoms with Crippen molar-refractivity contribution in [2.75, 3.05) is 19.0 Å². The molecule has 0 bridgehead atoms. The van der Waals surface area contributed by atoms with E-state index in [-0.39, 0.29) is 11.5 Å². The first-order valence-corrected chi connectivity index (χ1v) is 5.38. The second-order valence-corrected chi connectivity index (χ2v) is 3.54. The minimum Gasteiger partial charge on any atom is -0.480 e. The lowest BCUT2D eigenvalue weighted by Gasteiger charge is -2.14. The number of rotatable bonds is 7. The largest absolute Gasteiger partial charge is 0.480 e. The van der Waals surface area contributed by atoms with Gasteiger partial charge in [0.15, 0.2) is 11.5 Å². The number of hydrogen-bond donors (Lipinski definition) is 2. The molecule has 0 fully saturated rings. The quantitative estimate of drug-likeness (QED) is 0.683. The number of methoxy groups -OCH3 is 1. The maximum atomic E-state index is 11.1. The molecule has 0 aliphatic heterocycles. The Balaban J connectivity index is 2.71. The molecule has 1 rings (SSSR count). The highest BCUT2D eigenvalue weighted by Crippen LogP contribution is 2.11. The third-order valence-corrected chi connectivity index (χ3v) is 2.25. The second kappa shape index (κ2) is 7.19. The Kier molecular flexibility index (Phi) is 5.54. The highest BCUT2D eigenvalue weighted by atomic mass is 16.5. The van der Waals surface area contributed by atoms with Crippen LogP contribution in [0.3, 0.4) is 0 Å². The molecule has 0 aromatic carbocycles. The van der Waals surface area contributed by atoms with Crippen LogP contribution >= 0.6 is 0 Å². The normalized spacial score (nSPS) is 11.6. The summed E-state index contributed by atoms with van der Waals surface area (Å²) in [6, 6.07) is 1.04. The second-order valence-electron chi connectivity index (χ2n) is 3.54. The van der Waals surface area contributed by atoms with Gasteiger partial charge in [0, 0.05) is 26.1 Å². The summed E-state index contributed by atoms with van der Waals surface area (Å²) in [5.41, 5.74) is 0.0792. The number of ether oxygens (including phenoxy) is 1. The summed E-state index contributed by atoms with van der Waals surface area (Å²) in [7, 11) is 1.56. The molecule has 7 heteroatoms. The van der Waals surface area contributed by atoms with Crippen molar-refractivity contribution in [2.24, 2.45) is 0 Å². The van der Waals surface area contributed by atoms with Crippen molar-refractivity contribution in [3.63, 3.8) is 0 Å². The molecule has 0 spiro atoms. The first-order valence-electron chi connectivity index (χ1n) is 5.38. The van der Waals surface area contributed by atoms with Gasteiger partial charge in [-0.2, -0.15) is 5.26 Å². The first kappa shape index (κ1) is 13.9. The monoisotopic (exact) mass is 250 g/mol. The van der Waals surface area contributed by atoms with Gasteiger partial charge in [0.05, 0.1) is 0 Å². The molecule has 0 aliphatic carbocycles. The van der Waals surface area contributed by atoms with E-state index in [0.29, 0.717) is 19.4 Å². The van der Waals surface area contributed by atoms with E-state index in [2.05, 4.69) is 15.3 Å². The number of aromatic nitrogens is 2. The number of hydrogen-bond acceptors (Lipinski definition) is 6. The van der Waals surface area contributed by atoms with Crippen LogP contribution in [0, 0.1) is 11.3 Å². The van der Waals surface area contributed by atoms with Gasteiger partial charge in [-0.25, -0.2) is 14.8 Å². The first-order chi connectivity index (χ1) is 8.69. The zero-order valence-corrected chi connectivity index (χ0v) is 9.96. The van der Waals surface area contributed by atoms with Gasteiger partial charge in [-0.1, -0.05) is 0 Å². The smallest absolute Gasteiger partial charge is 0.326 e. The molecule has 1 aromatic rings. The lowest BCUT2D eigenvalue weighted by atomic mass is 10.1. The van der Waals surface area contributed by atoms with Crippen LogP contribution in [0.5, 0.6) is 0 Å². The summed E-state index contributed by atoms with van der Waals surface area (Å²) < 4.78 is 4.87. The number of nitriles is 1. The SMILES string of the molecule is COCCCC(Nc1nccnc1C#N)C(=O)O. The fourth-order valence-corrected chi connectivity index (χ4v) is 1.38. The third kappa shape index (κ3) is 3.99. The summed E-state index contributed by atoms with van der Waals surface area (Å²) in [5.74, 6) is -0.814. The molecule has 0 saturated carbocycles. The van der Waals surface area contributed by atoms with Crippen LogP contribution in [0.1, 0.15) is 18.5 Å². The number of nitrogens with one attached hydrogen (secondary N) is 1. The van der Waals surface area contributed by atoms with E-state index in [4.69, 9.17) is 15.1 Å². The number of aliphatic carboxylic acids is 1. The molecule has 7 nitrogen and oxygen atoms in total. The molecule has 18 heavy (non-hydrogen) atoms. The van der Waals surface area contributed by atoms with E-state index >= 15 is 0 Å². The average molecular weight is 250 g/mol. The van der Waals surface area contributed by atoms with E-state index in [1.54, 1.807) is 7.11 Å². The van der Waals surface area contributed by atoms with Crippen molar-refractivity contribution >= 4 is 11.8 Å². The minimum absolute atomic E-state index is 0.0792. The number of carboxylic acid groups (broad SMARTS) is 1. The summed E-state index contributed by atoms with van der Waals surface area (Å²) in [5, 5.41) is 20.6. The summed E-state index contributed by atoms with van der Waals surface area (Å²) in [6.07, 6.45) is 3.76. The lowest BCUT2D eigenvalue weighted by Crippen LogP contribution is -2.30. The number of anilines is 1. The Morgan fingerprint density at radius 3 is 2.94 bits per heavy atom. The van der Waals surface area contributed by atoms with Gasteiger partial charge in [0.25, 0.3) is 0 Å². The lowest BCUT2D eigenvalue weighted by molar-refractivity contribution is -0.138. The van der Waals surface area contributed by atoms with Gasteiger partial charge in [0.2, 0.25) is 0 Å². The van der Waals surface area contributed by atoms with Gasteiger partial charge in [-0.15, -0.1) is 0 Å².